The first-order chi connectivity index (χ1) is 18.1. The molecule has 3 aliphatic heterocycles. The second kappa shape index (κ2) is 11.1. The van der Waals surface area contributed by atoms with Gasteiger partial charge in [-0.3, -0.25) is 14.4 Å². The van der Waals surface area contributed by atoms with Crippen LogP contribution in [0.15, 0.2) is 25.3 Å². The number of fused-ring (bicyclic) bond motifs is 1. The van der Waals surface area contributed by atoms with Gasteiger partial charge in [0.15, 0.2) is 0 Å². The number of carbonyl (C=O) groups is 3. The van der Waals surface area contributed by atoms with E-state index < -0.39 is 35.1 Å². The summed E-state index contributed by atoms with van der Waals surface area (Å²) in [6.45, 7) is 14.1. The Morgan fingerprint density at radius 2 is 1.79 bits per heavy atom. The van der Waals surface area contributed by atoms with E-state index in [4.69, 9.17) is 4.74 Å². The number of hydrogen-bond donors (Lipinski definition) is 1. The highest BCUT2D eigenvalue weighted by atomic mass is 16.5. The zero-order valence-corrected chi connectivity index (χ0v) is 23.7. The van der Waals surface area contributed by atoms with E-state index in [1.54, 1.807) is 29.0 Å². The van der Waals surface area contributed by atoms with Gasteiger partial charge in [-0.25, -0.2) is 0 Å². The summed E-state index contributed by atoms with van der Waals surface area (Å²) in [6, 6.07) is -1.34. The summed E-state index contributed by atoms with van der Waals surface area (Å²) in [5.41, 5.74) is -1.87. The van der Waals surface area contributed by atoms with E-state index in [1.807, 2.05) is 25.7 Å². The van der Waals surface area contributed by atoms with E-state index in [9.17, 15) is 19.5 Å². The molecule has 3 saturated heterocycles. The van der Waals surface area contributed by atoms with Crippen molar-refractivity contribution in [1.82, 2.24) is 14.7 Å². The highest BCUT2D eigenvalue weighted by molar-refractivity contribution is 5.99. The van der Waals surface area contributed by atoms with Crippen LogP contribution in [0.2, 0.25) is 0 Å². The molecule has 1 aliphatic carbocycles. The summed E-state index contributed by atoms with van der Waals surface area (Å²) in [4.78, 5) is 48.1. The molecule has 1 spiro atoms. The fraction of sp³-hybridized carbons (Fsp3) is 0.767. The molecule has 3 amide bonds. The Hall–Kier alpha value is -2.19. The van der Waals surface area contributed by atoms with Gasteiger partial charge in [0.1, 0.15) is 11.6 Å². The topological polar surface area (TPSA) is 90.4 Å². The van der Waals surface area contributed by atoms with Crippen LogP contribution in [0, 0.1) is 17.8 Å². The standard InChI is InChI=1S/C30H47N3O5/c1-7-17-31(6)26(35)23-24-27(36)33(22(19-34)20(4)5)25(30(24)16-15-29(23,9-3)38-30)28(37)32(18-8-2)21-13-11-10-12-14-21/h7-8,20-25,34H,1-2,9-19H2,3-6H3/t22-,23-,24-,25?,29+,30?/m0/s1. The fourth-order valence-corrected chi connectivity index (χ4v) is 7.92. The van der Waals surface area contributed by atoms with Crippen LogP contribution in [-0.2, 0) is 19.1 Å². The number of aliphatic hydroxyl groups excluding tert-OH is 1. The fourth-order valence-electron chi connectivity index (χ4n) is 7.92. The molecule has 1 saturated carbocycles. The lowest BCUT2D eigenvalue weighted by atomic mass is 9.64. The van der Waals surface area contributed by atoms with Crippen LogP contribution in [0.1, 0.15) is 72.1 Å². The van der Waals surface area contributed by atoms with Crippen LogP contribution < -0.4 is 0 Å². The highest BCUT2D eigenvalue weighted by Crippen LogP contribution is 2.65. The third-order valence-corrected chi connectivity index (χ3v) is 9.84. The molecule has 8 heteroatoms. The smallest absolute Gasteiger partial charge is 0.248 e. The van der Waals surface area contributed by atoms with Gasteiger partial charge in [0, 0.05) is 26.2 Å². The van der Waals surface area contributed by atoms with Gasteiger partial charge in [0.05, 0.1) is 30.1 Å². The Labute approximate surface area is 228 Å². The third-order valence-electron chi connectivity index (χ3n) is 9.84. The first kappa shape index (κ1) is 28.8. The molecule has 0 aromatic heterocycles. The molecule has 3 heterocycles. The van der Waals surface area contributed by atoms with Crippen LogP contribution in [-0.4, -0.2) is 93.6 Å². The zero-order chi connectivity index (χ0) is 27.8. The van der Waals surface area contributed by atoms with E-state index in [1.165, 1.54) is 0 Å². The van der Waals surface area contributed by atoms with Crippen LogP contribution in [0.3, 0.4) is 0 Å². The van der Waals surface area contributed by atoms with E-state index in [-0.39, 0.29) is 36.3 Å². The van der Waals surface area contributed by atoms with Crippen molar-refractivity contribution in [2.24, 2.45) is 17.8 Å². The van der Waals surface area contributed by atoms with Gasteiger partial charge in [0.2, 0.25) is 17.7 Å². The molecular weight excluding hydrogens is 482 g/mol. The van der Waals surface area contributed by atoms with Crippen molar-refractivity contribution < 1.29 is 24.2 Å². The van der Waals surface area contributed by atoms with Gasteiger partial charge in [-0.05, 0) is 38.0 Å². The molecule has 4 aliphatic rings. The maximum atomic E-state index is 14.7. The van der Waals surface area contributed by atoms with E-state index in [0.717, 1.165) is 32.1 Å². The summed E-state index contributed by atoms with van der Waals surface area (Å²) >= 11 is 0. The molecule has 38 heavy (non-hydrogen) atoms. The number of ether oxygens (including phenoxy) is 1. The number of amides is 3. The summed E-state index contributed by atoms with van der Waals surface area (Å²) in [5.74, 6) is -2.01. The predicted octanol–water partition coefficient (Wildman–Crippen LogP) is 3.15. The van der Waals surface area contributed by atoms with Crippen LogP contribution in [0.5, 0.6) is 0 Å². The van der Waals surface area contributed by atoms with Gasteiger partial charge >= 0.3 is 0 Å². The van der Waals surface area contributed by atoms with Crippen molar-refractivity contribution in [2.75, 3.05) is 26.7 Å². The highest BCUT2D eigenvalue weighted by Gasteiger charge is 2.79. The molecule has 212 valence electrons. The van der Waals surface area contributed by atoms with E-state index in [2.05, 4.69) is 13.2 Å². The SMILES string of the molecule is C=CCN(C)C(=O)[C@@H]1[C@H]2C(=O)N([C@@H](CO)C(C)C)C(C(=O)N(CC=C)C3CCCCC3)C23CC[C@@]1(CC)O3. The van der Waals surface area contributed by atoms with Gasteiger partial charge in [0.25, 0.3) is 0 Å². The van der Waals surface area contributed by atoms with Crippen molar-refractivity contribution in [3.8, 4) is 0 Å². The van der Waals surface area contributed by atoms with Gasteiger partial charge < -0.3 is 24.5 Å². The lowest BCUT2D eigenvalue weighted by Gasteiger charge is -2.43. The molecule has 4 rings (SSSR count). The lowest BCUT2D eigenvalue weighted by molar-refractivity contribution is -0.160. The number of hydrogen-bond acceptors (Lipinski definition) is 5. The second-order valence-electron chi connectivity index (χ2n) is 12.2. The minimum Gasteiger partial charge on any atom is -0.394 e. The molecule has 2 unspecified atom stereocenters. The second-order valence-corrected chi connectivity index (χ2v) is 12.2. The van der Waals surface area contributed by atoms with Gasteiger partial charge in [-0.15, -0.1) is 13.2 Å². The third kappa shape index (κ3) is 4.32. The maximum absolute atomic E-state index is 14.7. The molecule has 0 aromatic rings. The number of likely N-dealkylation sites (tertiary alicyclic amines) is 1. The number of nitrogens with zero attached hydrogens (tertiary/aromatic N) is 3. The van der Waals surface area contributed by atoms with Gasteiger partial charge in [-0.2, -0.15) is 0 Å². The Morgan fingerprint density at radius 3 is 2.34 bits per heavy atom. The van der Waals surface area contributed by atoms with Crippen molar-refractivity contribution in [1.29, 1.82) is 0 Å². The maximum Gasteiger partial charge on any atom is 0.248 e. The summed E-state index contributed by atoms with van der Waals surface area (Å²) in [7, 11) is 1.73. The van der Waals surface area contributed by atoms with Crippen molar-refractivity contribution >= 4 is 17.7 Å². The lowest BCUT2D eigenvalue weighted by Crippen LogP contribution is -2.61. The van der Waals surface area contributed by atoms with Gasteiger partial charge in [-0.1, -0.05) is 52.2 Å². The normalized spacial score (nSPS) is 33.4. The Balaban J connectivity index is 1.84. The summed E-state index contributed by atoms with van der Waals surface area (Å²) < 4.78 is 6.92. The number of carbonyl (C=O) groups excluding carboxylic acids is 3. The van der Waals surface area contributed by atoms with Crippen molar-refractivity contribution in [2.45, 2.75) is 101 Å². The number of rotatable bonds is 11. The molecule has 4 fully saturated rings. The molecular formula is C30H47N3O5. The quantitative estimate of drug-likeness (QED) is 0.416. The zero-order valence-electron chi connectivity index (χ0n) is 23.7. The van der Waals surface area contributed by atoms with Crippen molar-refractivity contribution in [3.05, 3.63) is 25.3 Å². The molecule has 1 N–H and O–H groups in total. The van der Waals surface area contributed by atoms with E-state index >= 15 is 0 Å². The molecule has 2 bridgehead atoms. The minimum absolute atomic E-state index is 0.0769. The first-order valence-electron chi connectivity index (χ1n) is 14.5. The molecule has 8 nitrogen and oxygen atoms in total. The predicted molar refractivity (Wildman–Crippen MR) is 146 cm³/mol. The van der Waals surface area contributed by atoms with Crippen LogP contribution in [0.25, 0.3) is 0 Å². The Kier molecular flexibility index (Phi) is 8.43. The van der Waals surface area contributed by atoms with E-state index in [0.29, 0.717) is 32.4 Å². The largest absolute Gasteiger partial charge is 0.394 e. The Morgan fingerprint density at radius 1 is 1.13 bits per heavy atom. The van der Waals surface area contributed by atoms with Crippen LogP contribution in [0.4, 0.5) is 0 Å². The van der Waals surface area contributed by atoms with Crippen LogP contribution >= 0.6 is 0 Å². The molecule has 0 aromatic carbocycles. The summed E-state index contributed by atoms with van der Waals surface area (Å²) in [6.07, 6.45) is 10.3. The summed E-state index contributed by atoms with van der Waals surface area (Å²) in [5, 5.41) is 10.5. The molecule has 0 radical (unpaired) electrons. The van der Waals surface area contributed by atoms with Crippen molar-refractivity contribution in [3.63, 3.8) is 0 Å². The average molecular weight is 530 g/mol. The Bertz CT molecular complexity index is 946. The minimum atomic E-state index is -1.09. The monoisotopic (exact) mass is 529 g/mol. The first-order valence-corrected chi connectivity index (χ1v) is 14.5. The molecule has 6 atom stereocenters. The number of aliphatic hydroxyl groups is 1. The average Bonchev–Trinajstić information content (AvgIpc) is 3.51. The number of likely N-dealkylation sites (N-methyl/N-ethyl adjacent to an activating group) is 1.